The quantitative estimate of drug-likeness (QED) is 0.527. The summed E-state index contributed by atoms with van der Waals surface area (Å²) in [5.74, 6) is -0.227. The van der Waals surface area contributed by atoms with E-state index in [9.17, 15) is 14.4 Å². The van der Waals surface area contributed by atoms with E-state index in [-0.39, 0.29) is 35.1 Å². The van der Waals surface area contributed by atoms with Crippen LogP contribution >= 0.6 is 15.9 Å². The molecule has 8 heteroatoms. The molecule has 1 aromatic heterocycles. The molecule has 2 aliphatic rings. The van der Waals surface area contributed by atoms with E-state index in [4.69, 9.17) is 0 Å². The third-order valence-corrected chi connectivity index (χ3v) is 7.80. The first-order valence-corrected chi connectivity index (χ1v) is 13.7. The molecule has 1 saturated carbocycles. The molecule has 3 atom stereocenters. The van der Waals surface area contributed by atoms with Crippen LogP contribution in [0.1, 0.15) is 90.7 Å². The summed E-state index contributed by atoms with van der Waals surface area (Å²) in [7, 11) is 1.67. The molecule has 1 aliphatic carbocycles. The van der Waals surface area contributed by atoms with Crippen LogP contribution in [0, 0.1) is 11.3 Å². The third kappa shape index (κ3) is 7.28. The van der Waals surface area contributed by atoms with Crippen LogP contribution in [0.5, 0.6) is 0 Å². The molecule has 0 spiro atoms. The Kier molecular flexibility index (Phi) is 9.35. The molecule has 7 nitrogen and oxygen atoms in total. The predicted octanol–water partition coefficient (Wildman–Crippen LogP) is 4.86. The highest BCUT2D eigenvalue weighted by Crippen LogP contribution is 2.35. The maximum absolute atomic E-state index is 14.0. The van der Waals surface area contributed by atoms with Crippen molar-refractivity contribution in [2.75, 3.05) is 13.6 Å². The summed E-state index contributed by atoms with van der Waals surface area (Å²) in [5, 5.41) is 3.10. The number of nitrogens with one attached hydrogen (secondary N) is 1. The van der Waals surface area contributed by atoms with E-state index in [1.165, 1.54) is 11.3 Å². The summed E-state index contributed by atoms with van der Waals surface area (Å²) in [6.07, 6.45) is 10.9. The number of hydrogen-bond acceptors (Lipinski definition) is 4. The molecule has 1 aliphatic heterocycles. The Labute approximate surface area is 218 Å². The van der Waals surface area contributed by atoms with Gasteiger partial charge in [0.05, 0.1) is 6.04 Å². The number of likely N-dealkylation sites (N-methyl/N-ethyl adjacent to an activating group) is 1. The van der Waals surface area contributed by atoms with Crippen molar-refractivity contribution < 1.29 is 14.4 Å². The van der Waals surface area contributed by atoms with Crippen molar-refractivity contribution in [1.29, 1.82) is 0 Å². The average Bonchev–Trinajstić information content (AvgIpc) is 3.30. The van der Waals surface area contributed by atoms with E-state index in [1.807, 2.05) is 37.9 Å². The molecule has 35 heavy (non-hydrogen) atoms. The van der Waals surface area contributed by atoms with Gasteiger partial charge in [0.2, 0.25) is 17.7 Å². The number of carbonyl (C=O) groups excluding carboxylic acids is 3. The normalized spacial score (nSPS) is 20.9. The van der Waals surface area contributed by atoms with Crippen molar-refractivity contribution in [2.24, 2.45) is 11.3 Å². The van der Waals surface area contributed by atoms with Gasteiger partial charge in [-0.05, 0) is 71.5 Å². The van der Waals surface area contributed by atoms with Crippen LogP contribution in [0.2, 0.25) is 0 Å². The number of amides is 3. The van der Waals surface area contributed by atoms with Gasteiger partial charge in [-0.3, -0.25) is 19.4 Å². The topological polar surface area (TPSA) is 82.6 Å². The van der Waals surface area contributed by atoms with Crippen LogP contribution in [-0.2, 0) is 14.4 Å². The molecule has 1 saturated heterocycles. The first-order chi connectivity index (χ1) is 16.5. The lowest BCUT2D eigenvalue weighted by Gasteiger charge is -2.36. The van der Waals surface area contributed by atoms with E-state index in [1.54, 1.807) is 20.2 Å². The van der Waals surface area contributed by atoms with Gasteiger partial charge in [-0.15, -0.1) is 0 Å². The molecule has 0 unspecified atom stereocenters. The van der Waals surface area contributed by atoms with E-state index in [0.717, 1.165) is 48.6 Å². The van der Waals surface area contributed by atoms with Crippen LogP contribution in [0.4, 0.5) is 0 Å². The number of rotatable bonds is 7. The maximum Gasteiger partial charge on any atom is 0.245 e. The maximum atomic E-state index is 14.0. The van der Waals surface area contributed by atoms with Gasteiger partial charge >= 0.3 is 0 Å². The number of halogens is 1. The summed E-state index contributed by atoms with van der Waals surface area (Å²) in [6, 6.07) is 0.767. The number of pyridine rings is 1. The highest BCUT2D eigenvalue weighted by atomic mass is 79.9. The van der Waals surface area contributed by atoms with E-state index >= 15 is 0 Å². The standard InChI is InChI=1S/C27H41BrN4O3/c1-18(31(5)23(33)15-27(2,3)4)25(34)30-24(19-10-7-6-8-11-19)26(35)32-13-9-12-22(32)20-14-21(28)17-29-16-20/h14,16-19,22,24H,6-13,15H2,1-5H3,(H,30,34)/t18-,22-,24-/m0/s1. The second-order valence-corrected chi connectivity index (χ2v) is 12.3. The zero-order valence-corrected chi connectivity index (χ0v) is 23.4. The molecule has 2 fully saturated rings. The minimum Gasteiger partial charge on any atom is -0.342 e. The second-order valence-electron chi connectivity index (χ2n) is 11.4. The molecule has 0 bridgehead atoms. The summed E-state index contributed by atoms with van der Waals surface area (Å²) in [5.41, 5.74) is 0.855. The molecular formula is C27H41BrN4O3. The van der Waals surface area contributed by atoms with Gasteiger partial charge in [-0.1, -0.05) is 40.0 Å². The molecule has 0 aromatic carbocycles. The fraction of sp³-hybridized carbons (Fsp3) is 0.704. The Balaban J connectivity index is 1.78. The molecular weight excluding hydrogens is 508 g/mol. The van der Waals surface area contributed by atoms with Gasteiger partial charge in [-0.2, -0.15) is 0 Å². The van der Waals surface area contributed by atoms with Gasteiger partial charge in [0.15, 0.2) is 0 Å². The smallest absolute Gasteiger partial charge is 0.245 e. The number of hydrogen-bond donors (Lipinski definition) is 1. The van der Waals surface area contributed by atoms with Crippen molar-refractivity contribution in [3.63, 3.8) is 0 Å². The summed E-state index contributed by atoms with van der Waals surface area (Å²) in [4.78, 5) is 47.8. The number of carbonyl (C=O) groups is 3. The van der Waals surface area contributed by atoms with Crippen LogP contribution in [-0.4, -0.2) is 58.2 Å². The van der Waals surface area contributed by atoms with Crippen molar-refractivity contribution in [3.8, 4) is 0 Å². The van der Waals surface area contributed by atoms with Gasteiger partial charge in [0.1, 0.15) is 12.1 Å². The Morgan fingerprint density at radius 3 is 2.46 bits per heavy atom. The number of nitrogens with zero attached hydrogens (tertiary/aromatic N) is 3. The Hall–Kier alpha value is -1.96. The first kappa shape index (κ1) is 27.6. The monoisotopic (exact) mass is 548 g/mol. The zero-order chi connectivity index (χ0) is 25.8. The summed E-state index contributed by atoms with van der Waals surface area (Å²) >= 11 is 3.49. The van der Waals surface area contributed by atoms with Crippen LogP contribution in [0.25, 0.3) is 0 Å². The Bertz CT molecular complexity index is 910. The van der Waals surface area contributed by atoms with Crippen LogP contribution in [0.15, 0.2) is 22.9 Å². The highest BCUT2D eigenvalue weighted by Gasteiger charge is 2.40. The van der Waals surface area contributed by atoms with Crippen LogP contribution in [0.3, 0.4) is 0 Å². The first-order valence-electron chi connectivity index (χ1n) is 12.9. The average molecular weight is 550 g/mol. The van der Waals surface area contributed by atoms with Gasteiger partial charge < -0.3 is 15.1 Å². The van der Waals surface area contributed by atoms with Crippen molar-refractivity contribution in [3.05, 3.63) is 28.5 Å². The fourth-order valence-electron chi connectivity index (χ4n) is 5.26. The van der Waals surface area contributed by atoms with E-state index in [2.05, 4.69) is 26.2 Å². The van der Waals surface area contributed by atoms with Crippen LogP contribution < -0.4 is 5.32 Å². The third-order valence-electron chi connectivity index (χ3n) is 7.37. The Morgan fingerprint density at radius 1 is 1.14 bits per heavy atom. The lowest BCUT2D eigenvalue weighted by atomic mass is 9.83. The van der Waals surface area contributed by atoms with E-state index < -0.39 is 12.1 Å². The second kappa shape index (κ2) is 11.8. The zero-order valence-electron chi connectivity index (χ0n) is 21.8. The van der Waals surface area contributed by atoms with Gasteiger partial charge in [-0.25, -0.2) is 0 Å². The summed E-state index contributed by atoms with van der Waals surface area (Å²) in [6.45, 7) is 8.44. The predicted molar refractivity (Wildman–Crippen MR) is 140 cm³/mol. The lowest BCUT2D eigenvalue weighted by molar-refractivity contribution is -0.143. The van der Waals surface area contributed by atoms with Crippen molar-refractivity contribution >= 4 is 33.7 Å². The van der Waals surface area contributed by atoms with Crippen molar-refractivity contribution in [1.82, 2.24) is 20.1 Å². The molecule has 3 amide bonds. The molecule has 3 rings (SSSR count). The van der Waals surface area contributed by atoms with E-state index in [0.29, 0.717) is 13.0 Å². The van der Waals surface area contributed by atoms with Gasteiger partial charge in [0.25, 0.3) is 0 Å². The highest BCUT2D eigenvalue weighted by molar-refractivity contribution is 9.10. The number of likely N-dealkylation sites (tertiary alicyclic amines) is 1. The Morgan fingerprint density at radius 2 is 1.83 bits per heavy atom. The van der Waals surface area contributed by atoms with Crippen molar-refractivity contribution in [2.45, 2.75) is 97.2 Å². The molecule has 2 heterocycles. The molecule has 194 valence electrons. The van der Waals surface area contributed by atoms with Gasteiger partial charge in [0, 0.05) is 36.9 Å². The molecule has 0 radical (unpaired) electrons. The largest absolute Gasteiger partial charge is 0.342 e. The fourth-order valence-corrected chi connectivity index (χ4v) is 5.64. The summed E-state index contributed by atoms with van der Waals surface area (Å²) < 4.78 is 0.892. The minimum absolute atomic E-state index is 0.0106. The number of aromatic nitrogens is 1. The SMILES string of the molecule is C[C@@H](C(=O)N[C@H](C(=O)N1CCC[C@H]1c1cncc(Br)c1)C1CCCCC1)N(C)C(=O)CC(C)(C)C. The molecule has 1 aromatic rings. The lowest BCUT2D eigenvalue weighted by Crippen LogP contribution is -2.56. The molecule has 1 N–H and O–H groups in total. The minimum atomic E-state index is -0.646.